The summed E-state index contributed by atoms with van der Waals surface area (Å²) < 4.78 is 27.0. The Balaban J connectivity index is 3.07. The molecule has 96 valence electrons. The molecule has 1 rings (SSSR count). The van der Waals surface area contributed by atoms with Gasteiger partial charge in [0.1, 0.15) is 11.6 Å². The second-order valence-corrected chi connectivity index (χ2v) is 4.66. The van der Waals surface area contributed by atoms with Crippen molar-refractivity contribution in [3.63, 3.8) is 0 Å². The first-order valence-corrected chi connectivity index (χ1v) is 6.14. The molecule has 0 radical (unpaired) electrons. The topological polar surface area (TPSA) is 12.0 Å². The predicted octanol–water partition coefficient (Wildman–Crippen LogP) is 3.97. The van der Waals surface area contributed by atoms with Crippen LogP contribution in [0.25, 0.3) is 0 Å². The number of benzene rings is 1. The first-order valence-electron chi connectivity index (χ1n) is 6.14. The highest BCUT2D eigenvalue weighted by atomic mass is 19.1. The Morgan fingerprint density at radius 3 is 2.41 bits per heavy atom. The molecule has 1 nitrogen and oxygen atoms in total. The summed E-state index contributed by atoms with van der Waals surface area (Å²) in [6.07, 6.45) is 2.07. The molecule has 0 heterocycles. The van der Waals surface area contributed by atoms with Crippen molar-refractivity contribution in [1.29, 1.82) is 0 Å². The van der Waals surface area contributed by atoms with Crippen LogP contribution >= 0.6 is 0 Å². The van der Waals surface area contributed by atoms with Crippen LogP contribution < -0.4 is 5.32 Å². The summed E-state index contributed by atoms with van der Waals surface area (Å²) in [5.74, 6) is -0.621. The molecule has 0 aliphatic rings. The van der Waals surface area contributed by atoms with Crippen molar-refractivity contribution in [2.24, 2.45) is 5.92 Å². The lowest BCUT2D eigenvalue weighted by atomic mass is 9.90. The molecule has 0 aliphatic heterocycles. The van der Waals surface area contributed by atoms with E-state index < -0.39 is 11.6 Å². The van der Waals surface area contributed by atoms with E-state index in [0.717, 1.165) is 18.9 Å². The zero-order chi connectivity index (χ0) is 13.0. The molecule has 2 unspecified atom stereocenters. The van der Waals surface area contributed by atoms with E-state index in [0.29, 0.717) is 17.0 Å². The molecule has 0 amide bonds. The summed E-state index contributed by atoms with van der Waals surface area (Å²) >= 11 is 0. The van der Waals surface area contributed by atoms with E-state index >= 15 is 0 Å². The smallest absolute Gasteiger partial charge is 0.130 e. The van der Waals surface area contributed by atoms with Gasteiger partial charge in [-0.25, -0.2) is 8.78 Å². The van der Waals surface area contributed by atoms with Gasteiger partial charge >= 0.3 is 0 Å². The summed E-state index contributed by atoms with van der Waals surface area (Å²) in [5.41, 5.74) is 1.05. The van der Waals surface area contributed by atoms with Gasteiger partial charge in [-0.2, -0.15) is 0 Å². The maximum absolute atomic E-state index is 13.8. The Morgan fingerprint density at radius 1 is 1.24 bits per heavy atom. The summed E-state index contributed by atoms with van der Waals surface area (Å²) in [6, 6.07) is 2.53. The van der Waals surface area contributed by atoms with E-state index in [1.54, 1.807) is 13.0 Å². The summed E-state index contributed by atoms with van der Waals surface area (Å²) in [6.45, 7) is 5.85. The molecule has 1 N–H and O–H groups in total. The van der Waals surface area contributed by atoms with Crippen LogP contribution in [0.2, 0.25) is 0 Å². The summed E-state index contributed by atoms with van der Waals surface area (Å²) in [4.78, 5) is 0. The fourth-order valence-electron chi connectivity index (χ4n) is 2.29. The average molecular weight is 241 g/mol. The van der Waals surface area contributed by atoms with Gasteiger partial charge in [-0.15, -0.1) is 0 Å². The van der Waals surface area contributed by atoms with E-state index in [-0.39, 0.29) is 6.04 Å². The molecule has 0 bridgehead atoms. The van der Waals surface area contributed by atoms with Gasteiger partial charge in [0.15, 0.2) is 0 Å². The van der Waals surface area contributed by atoms with Crippen LogP contribution in [0.5, 0.6) is 0 Å². The number of nitrogens with one attached hydrogen (secondary N) is 1. The maximum Gasteiger partial charge on any atom is 0.130 e. The van der Waals surface area contributed by atoms with Crippen LogP contribution in [0.4, 0.5) is 8.78 Å². The Bertz CT molecular complexity index is 377. The monoisotopic (exact) mass is 241 g/mol. The van der Waals surface area contributed by atoms with Crippen LogP contribution in [0, 0.1) is 24.5 Å². The van der Waals surface area contributed by atoms with E-state index in [1.165, 1.54) is 0 Å². The minimum atomic E-state index is -0.482. The molecule has 0 aliphatic carbocycles. The number of halogens is 2. The first-order chi connectivity index (χ1) is 8.01. The van der Waals surface area contributed by atoms with Gasteiger partial charge < -0.3 is 5.32 Å². The molecule has 3 heteroatoms. The van der Waals surface area contributed by atoms with Crippen molar-refractivity contribution in [1.82, 2.24) is 5.32 Å². The third-order valence-corrected chi connectivity index (χ3v) is 3.24. The Kier molecular flexibility index (Phi) is 5.06. The fourth-order valence-corrected chi connectivity index (χ4v) is 2.29. The van der Waals surface area contributed by atoms with Gasteiger partial charge in [-0.05, 0) is 37.9 Å². The van der Waals surface area contributed by atoms with Gasteiger partial charge in [0.2, 0.25) is 0 Å². The minimum Gasteiger partial charge on any atom is -0.313 e. The van der Waals surface area contributed by atoms with Gasteiger partial charge in [-0.3, -0.25) is 0 Å². The zero-order valence-corrected chi connectivity index (χ0v) is 11.0. The highest BCUT2D eigenvalue weighted by Crippen LogP contribution is 2.28. The Morgan fingerprint density at radius 2 is 1.88 bits per heavy atom. The lowest BCUT2D eigenvalue weighted by molar-refractivity contribution is 0.371. The number of aryl methyl sites for hydroxylation is 1. The van der Waals surface area contributed by atoms with Crippen LogP contribution in [0.1, 0.15) is 43.9 Å². The molecule has 2 atom stereocenters. The molecular weight excluding hydrogens is 220 g/mol. The molecule has 0 fully saturated rings. The van der Waals surface area contributed by atoms with Gasteiger partial charge in [-0.1, -0.05) is 20.3 Å². The minimum absolute atomic E-state index is 0.0609. The van der Waals surface area contributed by atoms with Crippen molar-refractivity contribution >= 4 is 0 Å². The molecule has 0 saturated heterocycles. The normalized spacial score (nSPS) is 14.7. The Hall–Kier alpha value is -0.960. The molecule has 17 heavy (non-hydrogen) atoms. The molecule has 1 aromatic rings. The standard InChI is InChI=1S/C14H21F2N/c1-5-6-9(2)14(17-4)11-7-10(3)12(15)8-13(11)16/h7-9,14,17H,5-6H2,1-4H3. The van der Waals surface area contributed by atoms with Gasteiger partial charge in [0, 0.05) is 17.7 Å². The first kappa shape index (κ1) is 14.1. The molecular formula is C14H21F2N. The van der Waals surface area contributed by atoms with E-state index in [4.69, 9.17) is 0 Å². The molecule has 0 spiro atoms. The van der Waals surface area contributed by atoms with E-state index in [9.17, 15) is 8.78 Å². The second-order valence-electron chi connectivity index (χ2n) is 4.66. The highest BCUT2D eigenvalue weighted by molar-refractivity contribution is 5.28. The highest BCUT2D eigenvalue weighted by Gasteiger charge is 2.21. The lowest BCUT2D eigenvalue weighted by Crippen LogP contribution is -2.24. The van der Waals surface area contributed by atoms with Crippen molar-refractivity contribution in [2.45, 2.75) is 39.7 Å². The van der Waals surface area contributed by atoms with E-state index in [1.807, 2.05) is 7.05 Å². The van der Waals surface area contributed by atoms with E-state index in [2.05, 4.69) is 19.2 Å². The summed E-state index contributed by atoms with van der Waals surface area (Å²) in [5, 5.41) is 3.13. The fraction of sp³-hybridized carbons (Fsp3) is 0.571. The van der Waals surface area contributed by atoms with Crippen LogP contribution in [0.15, 0.2) is 12.1 Å². The average Bonchev–Trinajstić information content (AvgIpc) is 2.26. The van der Waals surface area contributed by atoms with Crippen molar-refractivity contribution < 1.29 is 8.78 Å². The van der Waals surface area contributed by atoms with Gasteiger partial charge in [0.05, 0.1) is 0 Å². The second kappa shape index (κ2) is 6.10. The summed E-state index contributed by atoms with van der Waals surface area (Å²) in [7, 11) is 1.81. The van der Waals surface area contributed by atoms with Crippen LogP contribution in [-0.2, 0) is 0 Å². The molecule has 1 aromatic carbocycles. The molecule has 0 saturated carbocycles. The SMILES string of the molecule is CCCC(C)C(NC)c1cc(C)c(F)cc1F. The lowest BCUT2D eigenvalue weighted by Gasteiger charge is -2.24. The number of hydrogen-bond acceptors (Lipinski definition) is 1. The molecule has 0 aromatic heterocycles. The Labute approximate surface area is 102 Å². The zero-order valence-electron chi connectivity index (χ0n) is 11.0. The van der Waals surface area contributed by atoms with Crippen molar-refractivity contribution in [3.8, 4) is 0 Å². The van der Waals surface area contributed by atoms with Crippen LogP contribution in [0.3, 0.4) is 0 Å². The number of hydrogen-bond donors (Lipinski definition) is 1. The quantitative estimate of drug-likeness (QED) is 0.822. The van der Waals surface area contributed by atoms with Crippen molar-refractivity contribution in [3.05, 3.63) is 34.9 Å². The maximum atomic E-state index is 13.8. The third-order valence-electron chi connectivity index (χ3n) is 3.24. The third kappa shape index (κ3) is 3.25. The van der Waals surface area contributed by atoms with Crippen LogP contribution in [-0.4, -0.2) is 7.05 Å². The van der Waals surface area contributed by atoms with Gasteiger partial charge in [0.25, 0.3) is 0 Å². The largest absolute Gasteiger partial charge is 0.313 e. The number of rotatable bonds is 5. The predicted molar refractivity (Wildman–Crippen MR) is 67.0 cm³/mol. The van der Waals surface area contributed by atoms with Crippen molar-refractivity contribution in [2.75, 3.05) is 7.05 Å².